The summed E-state index contributed by atoms with van der Waals surface area (Å²) in [5, 5.41) is 31.3. The molecule has 0 aliphatic carbocycles. The van der Waals surface area contributed by atoms with Gasteiger partial charge >= 0.3 is 17.9 Å². The van der Waals surface area contributed by atoms with E-state index in [-0.39, 0.29) is 43.3 Å². The number of rotatable bonds is 12. The van der Waals surface area contributed by atoms with E-state index in [0.29, 0.717) is 70.9 Å². The number of anilines is 1. The van der Waals surface area contributed by atoms with Crippen LogP contribution in [0.5, 0.6) is 0 Å². The monoisotopic (exact) mass is 641 g/mol. The van der Waals surface area contributed by atoms with Crippen molar-refractivity contribution >= 4 is 51.7 Å². The van der Waals surface area contributed by atoms with Crippen LogP contribution in [0.2, 0.25) is 0 Å². The lowest BCUT2D eigenvalue weighted by atomic mass is 9.97. The van der Waals surface area contributed by atoms with Crippen molar-refractivity contribution in [2.45, 2.75) is 12.8 Å². The summed E-state index contributed by atoms with van der Waals surface area (Å²) in [5.74, 6) is -3.21. The summed E-state index contributed by atoms with van der Waals surface area (Å²) in [6.07, 6.45) is 1.92. The third-order valence-corrected chi connectivity index (χ3v) is 7.25. The molecule has 1 atom stereocenters. The summed E-state index contributed by atoms with van der Waals surface area (Å²) in [5.41, 5.74) is 1.62. The number of hydrogen-bond donors (Lipinski definition) is 4. The molecule has 1 aliphatic heterocycles. The van der Waals surface area contributed by atoms with Crippen LogP contribution in [0.25, 0.3) is 0 Å². The van der Waals surface area contributed by atoms with Gasteiger partial charge < -0.3 is 25.4 Å². The molecule has 0 saturated carbocycles. The highest BCUT2D eigenvalue weighted by Crippen LogP contribution is 2.17. The van der Waals surface area contributed by atoms with Gasteiger partial charge in [-0.2, -0.15) is 0 Å². The van der Waals surface area contributed by atoms with E-state index in [1.807, 2.05) is 17.0 Å². The summed E-state index contributed by atoms with van der Waals surface area (Å²) in [4.78, 5) is 65.1. The number of carbonyl (C=O) groups excluding carboxylic acids is 2. The number of amides is 1. The summed E-state index contributed by atoms with van der Waals surface area (Å²) in [6.45, 7) is 2.82. The number of aldehydes is 1. The fourth-order valence-corrected chi connectivity index (χ4v) is 5.10. The van der Waals surface area contributed by atoms with Gasteiger partial charge in [0.15, 0.2) is 0 Å². The van der Waals surface area contributed by atoms with E-state index < -0.39 is 17.9 Å². The highest BCUT2D eigenvalue weighted by Gasteiger charge is 2.23. The molecule has 4 N–H and O–H groups in total. The number of carboxylic acids is 3. The highest BCUT2D eigenvalue weighted by atomic mass is 79.9. The molecule has 1 fully saturated rings. The van der Waals surface area contributed by atoms with Crippen LogP contribution in [0, 0.1) is 5.92 Å². The van der Waals surface area contributed by atoms with E-state index in [1.165, 1.54) is 0 Å². The van der Waals surface area contributed by atoms with Gasteiger partial charge in [-0.1, -0.05) is 28.1 Å². The van der Waals surface area contributed by atoms with E-state index in [4.69, 9.17) is 0 Å². The third kappa shape index (κ3) is 14.5. The van der Waals surface area contributed by atoms with Gasteiger partial charge in [0.25, 0.3) is 0 Å². The number of carbonyl (C=O) groups is 5. The number of nitrogens with zero attached hydrogens (tertiary/aromatic N) is 4. The van der Waals surface area contributed by atoms with E-state index in [0.717, 1.165) is 11.8 Å². The highest BCUT2D eigenvalue weighted by molar-refractivity contribution is 9.09. The van der Waals surface area contributed by atoms with Gasteiger partial charge in [-0.25, -0.2) is 0 Å². The molecule has 0 bridgehead atoms. The molecular formula is C27H40BrN5O8. The minimum Gasteiger partial charge on any atom is -0.480 e. The molecular weight excluding hydrogens is 602 g/mol. The van der Waals surface area contributed by atoms with Crippen LogP contribution in [0.3, 0.4) is 0 Å². The van der Waals surface area contributed by atoms with Gasteiger partial charge in [0.1, 0.15) is 6.29 Å². The maximum absolute atomic E-state index is 11.7. The zero-order chi connectivity index (χ0) is 30.2. The molecule has 2 rings (SSSR count). The standard InChI is InChI=1S/C27H40BrN5O8/c28-15-24(35)29-23-4-2-21(3-5-23)14-22-16-32(12-13-34)9-8-30(18-25(36)37)6-1-7-31(19-26(38)39)10-11-33(17-22)20-27(40)41/h2-5,13,22H,1,6-12,14-20H2,(H,29,35)(H,36,37)(H,38,39)(H,40,41). The van der Waals surface area contributed by atoms with Crippen molar-refractivity contribution in [2.24, 2.45) is 5.92 Å². The van der Waals surface area contributed by atoms with Crippen molar-refractivity contribution in [2.75, 3.05) is 89.2 Å². The molecule has 14 heteroatoms. The van der Waals surface area contributed by atoms with Crippen molar-refractivity contribution < 1.29 is 39.3 Å². The van der Waals surface area contributed by atoms with Crippen molar-refractivity contribution in [3.05, 3.63) is 29.8 Å². The van der Waals surface area contributed by atoms with E-state index in [1.54, 1.807) is 26.8 Å². The Hall–Kier alpha value is -2.91. The third-order valence-electron chi connectivity index (χ3n) is 6.74. The zero-order valence-corrected chi connectivity index (χ0v) is 24.7. The first-order chi connectivity index (χ1) is 19.6. The van der Waals surface area contributed by atoms with Gasteiger partial charge in [0, 0.05) is 58.0 Å². The van der Waals surface area contributed by atoms with Gasteiger partial charge in [-0.15, -0.1) is 0 Å². The smallest absolute Gasteiger partial charge is 0.317 e. The van der Waals surface area contributed by atoms with Crippen LogP contribution < -0.4 is 5.32 Å². The fourth-order valence-electron chi connectivity index (χ4n) is 4.96. The van der Waals surface area contributed by atoms with Crippen LogP contribution >= 0.6 is 15.9 Å². The first kappa shape index (κ1) is 34.3. The molecule has 228 valence electrons. The van der Waals surface area contributed by atoms with Crippen molar-refractivity contribution in [1.29, 1.82) is 0 Å². The minimum absolute atomic E-state index is 0.0962. The molecule has 1 amide bonds. The number of carboxylic acid groups (broad SMARTS) is 3. The van der Waals surface area contributed by atoms with Crippen molar-refractivity contribution in [3.63, 3.8) is 0 Å². The SMILES string of the molecule is O=CCN1CCN(CC(=O)O)CCCN(CC(=O)O)CCN(CC(=O)O)CC(Cc2ccc(NC(=O)CBr)cc2)C1. The Labute approximate surface area is 248 Å². The molecule has 41 heavy (non-hydrogen) atoms. The summed E-state index contributed by atoms with van der Waals surface area (Å²) in [6, 6.07) is 7.38. The van der Waals surface area contributed by atoms with Gasteiger partial charge in [-0.05, 0) is 36.5 Å². The quantitative estimate of drug-likeness (QED) is 0.181. The van der Waals surface area contributed by atoms with Crippen LogP contribution in [-0.2, 0) is 30.4 Å². The summed E-state index contributed by atoms with van der Waals surface area (Å²) >= 11 is 3.12. The molecule has 0 aromatic heterocycles. The van der Waals surface area contributed by atoms with Gasteiger partial charge in [-0.3, -0.25) is 38.8 Å². The maximum Gasteiger partial charge on any atom is 0.317 e. The molecule has 1 aromatic rings. The lowest BCUT2D eigenvalue weighted by Crippen LogP contribution is -2.47. The second-order valence-corrected chi connectivity index (χ2v) is 10.8. The van der Waals surface area contributed by atoms with Crippen LogP contribution in [0.4, 0.5) is 5.69 Å². The topological polar surface area (TPSA) is 171 Å². The molecule has 0 radical (unpaired) electrons. The molecule has 0 spiro atoms. The predicted octanol–water partition coefficient (Wildman–Crippen LogP) is 0.243. The van der Waals surface area contributed by atoms with Crippen molar-refractivity contribution in [3.8, 4) is 0 Å². The average molecular weight is 643 g/mol. The van der Waals surface area contributed by atoms with E-state index in [9.17, 15) is 39.3 Å². The Morgan fingerprint density at radius 1 is 0.780 bits per heavy atom. The van der Waals surface area contributed by atoms with E-state index >= 15 is 0 Å². The number of alkyl halides is 1. The average Bonchev–Trinajstić information content (AvgIpc) is 2.89. The van der Waals surface area contributed by atoms with Crippen LogP contribution in [0.1, 0.15) is 12.0 Å². The molecule has 1 aliphatic rings. The summed E-state index contributed by atoms with van der Waals surface area (Å²) in [7, 11) is 0. The molecule has 1 unspecified atom stereocenters. The summed E-state index contributed by atoms with van der Waals surface area (Å²) < 4.78 is 0. The first-order valence-electron chi connectivity index (χ1n) is 13.5. The Kier molecular flexibility index (Phi) is 15.5. The number of aliphatic carboxylic acids is 3. The van der Waals surface area contributed by atoms with Gasteiger partial charge in [0.2, 0.25) is 5.91 Å². The Morgan fingerprint density at radius 3 is 1.78 bits per heavy atom. The second kappa shape index (κ2) is 18.5. The number of hydrogen-bond acceptors (Lipinski definition) is 9. The number of halogens is 1. The minimum atomic E-state index is -0.990. The number of benzene rings is 1. The predicted molar refractivity (Wildman–Crippen MR) is 155 cm³/mol. The van der Waals surface area contributed by atoms with Crippen molar-refractivity contribution in [1.82, 2.24) is 19.6 Å². The Morgan fingerprint density at radius 2 is 1.27 bits per heavy atom. The molecule has 1 saturated heterocycles. The Balaban J connectivity index is 2.32. The normalized spacial score (nSPS) is 19.2. The molecule has 1 heterocycles. The Bertz CT molecular complexity index is 1010. The molecule has 1 aromatic carbocycles. The molecule has 13 nitrogen and oxygen atoms in total. The number of nitrogens with one attached hydrogen (secondary N) is 1. The van der Waals surface area contributed by atoms with Crippen LogP contribution in [0.15, 0.2) is 24.3 Å². The first-order valence-corrected chi connectivity index (χ1v) is 14.6. The van der Waals surface area contributed by atoms with Crippen LogP contribution in [-0.4, -0.2) is 149 Å². The fraction of sp³-hybridized carbons (Fsp3) is 0.593. The maximum atomic E-state index is 11.7. The second-order valence-electron chi connectivity index (χ2n) is 10.2. The van der Waals surface area contributed by atoms with E-state index in [2.05, 4.69) is 21.2 Å². The zero-order valence-electron chi connectivity index (χ0n) is 23.1. The lowest BCUT2D eigenvalue weighted by molar-refractivity contribution is -0.140. The lowest BCUT2D eigenvalue weighted by Gasteiger charge is -2.33. The van der Waals surface area contributed by atoms with Gasteiger partial charge in [0.05, 0.1) is 31.5 Å². The largest absolute Gasteiger partial charge is 0.480 e.